The molecule has 1 atom stereocenters. The summed E-state index contributed by atoms with van der Waals surface area (Å²) in [4.78, 5) is 11.6. The van der Waals surface area contributed by atoms with E-state index in [-0.39, 0.29) is 17.2 Å². The predicted molar refractivity (Wildman–Crippen MR) is 72.3 cm³/mol. The summed E-state index contributed by atoms with van der Waals surface area (Å²) in [5.74, 6) is -3.24. The maximum Gasteiger partial charge on any atom is 0.311 e. The third-order valence-corrected chi connectivity index (χ3v) is 4.26. The molecule has 0 aliphatic heterocycles. The van der Waals surface area contributed by atoms with Crippen molar-refractivity contribution in [1.29, 1.82) is 0 Å². The van der Waals surface area contributed by atoms with Gasteiger partial charge in [0.1, 0.15) is 11.6 Å². The minimum absolute atomic E-state index is 0.0644. The lowest BCUT2D eigenvalue weighted by atomic mass is 9.73. The maximum absolute atomic E-state index is 13.5. The number of nitrogen functional groups attached to an aromatic ring is 1. The molecule has 0 heterocycles. The lowest BCUT2D eigenvalue weighted by molar-refractivity contribution is -0.140. The van der Waals surface area contributed by atoms with Crippen LogP contribution in [0, 0.1) is 23.5 Å². The largest absolute Gasteiger partial charge is 0.481 e. The van der Waals surface area contributed by atoms with E-state index in [4.69, 9.17) is 5.73 Å². The van der Waals surface area contributed by atoms with Crippen LogP contribution in [0.2, 0.25) is 0 Å². The van der Waals surface area contributed by atoms with E-state index in [1.165, 1.54) is 0 Å². The van der Waals surface area contributed by atoms with Crippen LogP contribution in [0.15, 0.2) is 12.1 Å². The zero-order valence-corrected chi connectivity index (χ0v) is 11.4. The highest BCUT2D eigenvalue weighted by atomic mass is 19.1. The van der Waals surface area contributed by atoms with Crippen LogP contribution in [-0.2, 0) is 4.79 Å². The lowest BCUT2D eigenvalue weighted by Crippen LogP contribution is -2.26. The Hall–Kier alpha value is -1.65. The number of rotatable bonds is 3. The lowest BCUT2D eigenvalue weighted by Gasteiger charge is -2.31. The normalized spacial score (nSPS) is 24.4. The van der Waals surface area contributed by atoms with E-state index in [0.29, 0.717) is 12.0 Å². The Morgan fingerprint density at radius 3 is 2.45 bits per heavy atom. The van der Waals surface area contributed by atoms with Crippen molar-refractivity contribution < 1.29 is 18.7 Å². The van der Waals surface area contributed by atoms with Crippen LogP contribution < -0.4 is 5.73 Å². The highest BCUT2D eigenvalue weighted by Gasteiger charge is 2.34. The Balaban J connectivity index is 2.36. The van der Waals surface area contributed by atoms with Crippen LogP contribution in [0.4, 0.5) is 14.5 Å². The van der Waals surface area contributed by atoms with Gasteiger partial charge in [-0.1, -0.05) is 19.8 Å². The van der Waals surface area contributed by atoms with E-state index in [0.717, 1.165) is 31.7 Å². The summed E-state index contributed by atoms with van der Waals surface area (Å²) in [5.41, 5.74) is 5.43. The number of carbonyl (C=O) groups is 1. The van der Waals surface area contributed by atoms with Gasteiger partial charge in [-0.3, -0.25) is 4.79 Å². The molecule has 2 rings (SSSR count). The molecule has 1 fully saturated rings. The van der Waals surface area contributed by atoms with Gasteiger partial charge in [0.25, 0.3) is 0 Å². The van der Waals surface area contributed by atoms with Gasteiger partial charge in [0.05, 0.1) is 11.6 Å². The van der Waals surface area contributed by atoms with Gasteiger partial charge < -0.3 is 10.8 Å². The number of carboxylic acids is 1. The second kappa shape index (κ2) is 5.77. The SMILES string of the molecule is CC1CCC(C(C(=O)O)c2cc(F)cc(F)c2N)CC1. The molecule has 3 N–H and O–H groups in total. The Morgan fingerprint density at radius 1 is 1.30 bits per heavy atom. The number of anilines is 1. The number of carboxylic acid groups (broad SMARTS) is 1. The summed E-state index contributed by atoms with van der Waals surface area (Å²) >= 11 is 0. The Morgan fingerprint density at radius 2 is 1.90 bits per heavy atom. The molecular formula is C15H19F2NO2. The molecule has 0 aromatic heterocycles. The Kier molecular flexibility index (Phi) is 4.26. The topological polar surface area (TPSA) is 63.3 Å². The molecule has 110 valence electrons. The molecule has 0 bridgehead atoms. The van der Waals surface area contributed by atoms with E-state index >= 15 is 0 Å². The number of nitrogens with two attached hydrogens (primary N) is 1. The minimum Gasteiger partial charge on any atom is -0.481 e. The van der Waals surface area contributed by atoms with Gasteiger partial charge in [0.2, 0.25) is 0 Å². The van der Waals surface area contributed by atoms with Crippen molar-refractivity contribution in [3.8, 4) is 0 Å². The molecule has 3 nitrogen and oxygen atoms in total. The average Bonchev–Trinajstić information content (AvgIpc) is 2.37. The highest BCUT2D eigenvalue weighted by molar-refractivity contribution is 5.79. The van der Waals surface area contributed by atoms with Gasteiger partial charge in [-0.15, -0.1) is 0 Å². The second-order valence-corrected chi connectivity index (χ2v) is 5.73. The fourth-order valence-corrected chi connectivity index (χ4v) is 3.07. The molecular weight excluding hydrogens is 264 g/mol. The van der Waals surface area contributed by atoms with E-state index in [1.54, 1.807) is 0 Å². The molecule has 0 saturated heterocycles. The molecule has 5 heteroatoms. The van der Waals surface area contributed by atoms with E-state index in [2.05, 4.69) is 6.92 Å². The molecule has 20 heavy (non-hydrogen) atoms. The van der Waals surface area contributed by atoms with Crippen molar-refractivity contribution in [3.63, 3.8) is 0 Å². The predicted octanol–water partition coefficient (Wildman–Crippen LogP) is 3.54. The zero-order chi connectivity index (χ0) is 14.9. The van der Waals surface area contributed by atoms with Crippen molar-refractivity contribution in [3.05, 3.63) is 29.3 Å². The van der Waals surface area contributed by atoms with Crippen LogP contribution in [0.1, 0.15) is 44.1 Å². The fraction of sp³-hybridized carbons (Fsp3) is 0.533. The van der Waals surface area contributed by atoms with Crippen LogP contribution in [0.5, 0.6) is 0 Å². The third-order valence-electron chi connectivity index (χ3n) is 4.26. The molecule has 1 unspecified atom stereocenters. The van der Waals surface area contributed by atoms with Crippen LogP contribution in [0.3, 0.4) is 0 Å². The average molecular weight is 283 g/mol. The van der Waals surface area contributed by atoms with E-state index < -0.39 is 23.5 Å². The Bertz CT molecular complexity index is 511. The zero-order valence-electron chi connectivity index (χ0n) is 11.4. The minimum atomic E-state index is -1.07. The monoisotopic (exact) mass is 283 g/mol. The third kappa shape index (κ3) is 2.92. The van der Waals surface area contributed by atoms with Crippen LogP contribution in [-0.4, -0.2) is 11.1 Å². The maximum atomic E-state index is 13.5. The molecule has 0 radical (unpaired) electrons. The molecule has 1 aromatic rings. The van der Waals surface area contributed by atoms with Crippen molar-refractivity contribution in [2.24, 2.45) is 11.8 Å². The molecule has 1 aromatic carbocycles. The quantitative estimate of drug-likeness (QED) is 0.834. The van der Waals surface area contributed by atoms with Gasteiger partial charge in [0.15, 0.2) is 0 Å². The van der Waals surface area contributed by atoms with Crippen molar-refractivity contribution in [2.45, 2.75) is 38.5 Å². The first-order valence-electron chi connectivity index (χ1n) is 6.87. The van der Waals surface area contributed by atoms with Gasteiger partial charge in [-0.2, -0.15) is 0 Å². The summed E-state index contributed by atoms with van der Waals surface area (Å²) in [7, 11) is 0. The molecule has 0 amide bonds. The first-order chi connectivity index (χ1) is 9.40. The number of hydrogen-bond acceptors (Lipinski definition) is 2. The Labute approximate surface area is 116 Å². The van der Waals surface area contributed by atoms with Gasteiger partial charge in [-0.05, 0) is 36.3 Å². The molecule has 1 saturated carbocycles. The second-order valence-electron chi connectivity index (χ2n) is 5.73. The van der Waals surface area contributed by atoms with Crippen molar-refractivity contribution >= 4 is 11.7 Å². The first kappa shape index (κ1) is 14.8. The number of aliphatic carboxylic acids is 1. The summed E-state index contributed by atoms with van der Waals surface area (Å²) < 4.78 is 26.9. The summed E-state index contributed by atoms with van der Waals surface area (Å²) in [6.07, 6.45) is 3.36. The fourth-order valence-electron chi connectivity index (χ4n) is 3.07. The van der Waals surface area contributed by atoms with Crippen molar-refractivity contribution in [1.82, 2.24) is 0 Å². The first-order valence-corrected chi connectivity index (χ1v) is 6.87. The molecule has 1 aliphatic carbocycles. The number of hydrogen-bond donors (Lipinski definition) is 2. The standard InChI is InChI=1S/C15H19F2NO2/c1-8-2-4-9(5-3-8)13(15(19)20)11-6-10(16)7-12(17)14(11)18/h6-9,13H,2-5,18H2,1H3,(H,19,20). The van der Waals surface area contributed by atoms with Gasteiger partial charge >= 0.3 is 5.97 Å². The number of benzene rings is 1. The number of halogens is 2. The van der Waals surface area contributed by atoms with Crippen LogP contribution >= 0.6 is 0 Å². The van der Waals surface area contributed by atoms with E-state index in [1.807, 2.05) is 0 Å². The van der Waals surface area contributed by atoms with Crippen LogP contribution in [0.25, 0.3) is 0 Å². The van der Waals surface area contributed by atoms with Gasteiger partial charge in [-0.25, -0.2) is 8.78 Å². The molecule has 0 spiro atoms. The smallest absolute Gasteiger partial charge is 0.311 e. The summed E-state index contributed by atoms with van der Waals surface area (Å²) in [6, 6.07) is 1.73. The highest BCUT2D eigenvalue weighted by Crippen LogP contribution is 2.40. The summed E-state index contributed by atoms with van der Waals surface area (Å²) in [5, 5.41) is 9.45. The molecule has 1 aliphatic rings. The summed E-state index contributed by atoms with van der Waals surface area (Å²) in [6.45, 7) is 2.13. The van der Waals surface area contributed by atoms with Gasteiger partial charge in [0, 0.05) is 6.07 Å². The van der Waals surface area contributed by atoms with E-state index in [9.17, 15) is 18.7 Å². The van der Waals surface area contributed by atoms with Crippen molar-refractivity contribution in [2.75, 3.05) is 5.73 Å².